The molecule has 0 radical (unpaired) electrons. The van der Waals surface area contributed by atoms with Crippen molar-refractivity contribution in [1.29, 1.82) is 0 Å². The number of alkyl carbamates (subject to hydrolysis) is 1. The molecule has 0 saturated heterocycles. The van der Waals surface area contributed by atoms with Crippen LogP contribution in [0.3, 0.4) is 0 Å². The molecule has 0 aliphatic carbocycles. The number of methoxy groups -OCH3 is 1. The first kappa shape index (κ1) is 79.2. The molecule has 32 heteroatoms. The number of unbranched alkanes of at least 4 members (excludes halogenated alkanes) is 1. The third-order valence-electron chi connectivity index (χ3n) is 18.0. The van der Waals surface area contributed by atoms with Crippen molar-refractivity contribution < 1.29 is 62.2 Å². The molecule has 4 aromatic heterocycles. The number of nitrogens with two attached hydrogens (primary N) is 3. The molecule has 1 aliphatic rings. The summed E-state index contributed by atoms with van der Waals surface area (Å²) in [5, 5.41) is 28.3. The van der Waals surface area contributed by atoms with Crippen molar-refractivity contribution in [2.45, 2.75) is 138 Å². The molecule has 0 fully saturated rings. The van der Waals surface area contributed by atoms with E-state index in [1.54, 1.807) is 99.6 Å². The van der Waals surface area contributed by atoms with Crippen LogP contribution < -0.4 is 68.8 Å². The molecule has 9 aromatic rings. The van der Waals surface area contributed by atoms with Gasteiger partial charge in [0.1, 0.15) is 52.6 Å². The van der Waals surface area contributed by atoms with Gasteiger partial charge in [-0.1, -0.05) is 80.3 Å². The summed E-state index contributed by atoms with van der Waals surface area (Å²) >= 11 is 0. The highest BCUT2D eigenvalue weighted by molar-refractivity contribution is 6.06. The van der Waals surface area contributed by atoms with Crippen LogP contribution in [0, 0.1) is 31.6 Å². The molecular weight excluding hydrogens is 1410 g/mol. The molecule has 5 heterocycles. The lowest BCUT2D eigenvalue weighted by atomic mass is 10.0. The number of nitrogens with zero attached hydrogens (tertiary/aromatic N) is 9. The Balaban J connectivity index is 0.748. The lowest BCUT2D eigenvalue weighted by molar-refractivity contribution is -0.132. The maximum Gasteiger partial charge on any atom is 0.407 e. The van der Waals surface area contributed by atoms with E-state index in [1.807, 2.05) is 62.4 Å². The Labute approximate surface area is 633 Å². The Hall–Kier alpha value is -13.3. The van der Waals surface area contributed by atoms with Gasteiger partial charge in [-0.15, -0.1) is 0 Å². The second kappa shape index (κ2) is 36.8. The fourth-order valence-electron chi connectivity index (χ4n) is 12.5. The normalized spacial score (nSPS) is 12.2. The molecule has 32 nitrogen and oxygen atoms in total. The average molecular weight is 1500 g/mol. The number of ether oxygens (including phenoxy) is 3. The number of amides is 11. The average Bonchev–Trinajstić information content (AvgIpc) is 1.61. The first-order chi connectivity index (χ1) is 52.9. The first-order valence-electron chi connectivity index (χ1n) is 36.0. The highest BCUT2D eigenvalue weighted by Crippen LogP contribution is 2.34. The molecule has 0 spiro atoms. The molecule has 5 aromatic carbocycles. The summed E-state index contributed by atoms with van der Waals surface area (Å²) in [5.74, 6) is 2.42. The number of para-hydroxylation sites is 1. The van der Waals surface area contributed by atoms with Gasteiger partial charge in [0.25, 0.3) is 11.8 Å². The van der Waals surface area contributed by atoms with Crippen molar-refractivity contribution in [2.24, 2.45) is 23.1 Å². The van der Waals surface area contributed by atoms with Gasteiger partial charge in [0.15, 0.2) is 0 Å². The Morgan fingerprint density at radius 3 is 1.77 bits per heavy atom. The summed E-state index contributed by atoms with van der Waals surface area (Å²) < 4.78 is 24.1. The molecule has 0 saturated carbocycles. The summed E-state index contributed by atoms with van der Waals surface area (Å²) in [6.45, 7) is 12.0. The van der Waals surface area contributed by atoms with Crippen LogP contribution in [-0.4, -0.2) is 137 Å². The monoisotopic (exact) mass is 1500 g/mol. The highest BCUT2D eigenvalue weighted by Gasteiger charge is 2.31. The predicted octanol–water partition coefficient (Wildman–Crippen LogP) is 7.62. The van der Waals surface area contributed by atoms with E-state index in [1.165, 1.54) is 31.4 Å². The van der Waals surface area contributed by atoms with Crippen LogP contribution in [0.4, 0.5) is 32.9 Å². The van der Waals surface area contributed by atoms with Gasteiger partial charge in [-0.25, -0.2) is 19.6 Å². The Morgan fingerprint density at radius 1 is 0.618 bits per heavy atom. The van der Waals surface area contributed by atoms with Crippen molar-refractivity contribution in [2.75, 3.05) is 47.7 Å². The van der Waals surface area contributed by atoms with Gasteiger partial charge in [-0.2, -0.15) is 10.2 Å². The van der Waals surface area contributed by atoms with Gasteiger partial charge in [-0.05, 0) is 144 Å². The smallest absolute Gasteiger partial charge is 0.407 e. The zero-order valence-corrected chi connectivity index (χ0v) is 62.2. The molecule has 574 valence electrons. The van der Waals surface area contributed by atoms with Gasteiger partial charge >= 0.3 is 12.1 Å². The van der Waals surface area contributed by atoms with Crippen LogP contribution in [0.2, 0.25) is 0 Å². The van der Waals surface area contributed by atoms with E-state index in [0.717, 1.165) is 16.7 Å². The number of carbonyl (C=O) groups excluding carboxylic acids is 10. The topological polar surface area (TPSA) is 435 Å². The summed E-state index contributed by atoms with van der Waals surface area (Å²) in [4.78, 5) is 144. The Kier molecular flexibility index (Phi) is 26.5. The standard InChI is InChI=1S/C78H89N19O13/c1-8-96-60(38-47(5)91-96)72(103)89-76-86-57-40-53(69(79)100)42-62(108-7)67(57)93(76)35-16-17-36-94-68-58(87-77(94)90-73(104)61-39-48(6)92-97(61)9-2)41-54(70(80)101)43-63(68)109-37-19-34-83-78(107)110-45-49-27-31-55(32-28-49)84-71(102)56(23-18-33-82-75(81)106)85-74(105)66(46(3)4)88-64(98)25-14-15-26-65(99)95-44-52-22-11-10-20-50(52)29-30-51-21-12-13-24-59(51)95/h10-13,16-17,20-22,24,27-28,31-32,38-43,46,56,66H,8-9,14-15,18-19,23,25-26,33-37,44-45H2,1-7H3,(H2,79,100)(H2,80,101)(H,83,107)(H,84,102)(H,85,105)(H,88,98)(H3,81,82,106)(H,86,89,103)(H,87,90,104). The molecule has 2 atom stereocenters. The number of fused-ring (bicyclic) bond motifs is 4. The minimum absolute atomic E-state index is 0.0120. The zero-order chi connectivity index (χ0) is 78.7. The fourth-order valence-corrected chi connectivity index (χ4v) is 12.5. The van der Waals surface area contributed by atoms with Crippen LogP contribution in [0.25, 0.3) is 22.1 Å². The Bertz CT molecular complexity index is 5060. The van der Waals surface area contributed by atoms with Crippen LogP contribution in [0.15, 0.2) is 121 Å². The number of nitrogens with one attached hydrogen (secondary N) is 7. The predicted molar refractivity (Wildman–Crippen MR) is 411 cm³/mol. The maximum absolute atomic E-state index is 14.1. The van der Waals surface area contributed by atoms with Crippen LogP contribution in [0.1, 0.15) is 148 Å². The van der Waals surface area contributed by atoms with Crippen LogP contribution in [0.5, 0.6) is 11.5 Å². The van der Waals surface area contributed by atoms with E-state index in [4.69, 9.17) is 41.4 Å². The number of allylic oxidation sites excluding steroid dienone is 2. The van der Waals surface area contributed by atoms with Crippen molar-refractivity contribution in [3.63, 3.8) is 0 Å². The van der Waals surface area contributed by atoms with Crippen molar-refractivity contribution in [1.82, 2.24) is 59.9 Å². The van der Waals surface area contributed by atoms with Crippen LogP contribution in [-0.2, 0) is 63.2 Å². The highest BCUT2D eigenvalue weighted by atomic mass is 16.5. The van der Waals surface area contributed by atoms with Gasteiger partial charge in [0, 0.05) is 80.1 Å². The number of hydrogen-bond acceptors (Lipinski definition) is 17. The summed E-state index contributed by atoms with van der Waals surface area (Å²) in [5.41, 5.74) is 24.3. The van der Waals surface area contributed by atoms with Gasteiger partial charge in [-0.3, -0.25) is 58.4 Å². The second-order valence-corrected chi connectivity index (χ2v) is 26.3. The Morgan fingerprint density at radius 2 is 1.18 bits per heavy atom. The third kappa shape index (κ3) is 20.0. The van der Waals surface area contributed by atoms with Crippen molar-refractivity contribution >= 4 is 105 Å². The third-order valence-corrected chi connectivity index (χ3v) is 18.0. The number of anilines is 4. The molecule has 110 heavy (non-hydrogen) atoms. The number of urea groups is 1. The second-order valence-electron chi connectivity index (χ2n) is 26.3. The van der Waals surface area contributed by atoms with E-state index in [0.29, 0.717) is 83.0 Å². The first-order valence-corrected chi connectivity index (χ1v) is 36.0. The minimum atomic E-state index is -1.12. The number of hydrogen-bond donors (Lipinski definition) is 10. The fraction of sp³-hybridized carbons (Fsp3) is 0.333. The van der Waals surface area contributed by atoms with Crippen LogP contribution >= 0.6 is 0 Å². The van der Waals surface area contributed by atoms with Crippen molar-refractivity contribution in [3.8, 4) is 23.3 Å². The van der Waals surface area contributed by atoms with E-state index in [-0.39, 0.29) is 123 Å². The lowest BCUT2D eigenvalue weighted by Crippen LogP contribution is -2.54. The number of benzene rings is 5. The molecule has 10 rings (SSSR count). The lowest BCUT2D eigenvalue weighted by Gasteiger charge is -2.26. The number of carbonyl (C=O) groups is 10. The van der Waals surface area contributed by atoms with Gasteiger partial charge in [0.05, 0.1) is 48.4 Å². The molecule has 13 N–H and O–H groups in total. The largest absolute Gasteiger partial charge is 0.494 e. The zero-order valence-electron chi connectivity index (χ0n) is 62.2. The molecule has 0 bridgehead atoms. The molecular formula is C78H89N19O13. The maximum atomic E-state index is 14.1. The summed E-state index contributed by atoms with van der Waals surface area (Å²) in [7, 11) is 1.43. The number of imidazole rings is 2. The number of rotatable bonds is 35. The molecule has 11 amide bonds. The number of primary amides is 3. The van der Waals surface area contributed by atoms with Crippen molar-refractivity contribution in [3.05, 3.63) is 178 Å². The number of aromatic nitrogens is 8. The number of aryl methyl sites for hydroxylation is 4. The quantitative estimate of drug-likeness (QED) is 0.0104. The van der Waals surface area contributed by atoms with E-state index in [2.05, 4.69) is 59.3 Å². The van der Waals surface area contributed by atoms with E-state index < -0.39 is 71.5 Å². The molecule has 2 unspecified atom stereocenters. The van der Waals surface area contributed by atoms with E-state index in [9.17, 15) is 47.9 Å². The van der Waals surface area contributed by atoms with E-state index >= 15 is 0 Å². The van der Waals surface area contributed by atoms with Gasteiger partial charge in [0.2, 0.25) is 47.3 Å². The minimum Gasteiger partial charge on any atom is -0.494 e. The summed E-state index contributed by atoms with van der Waals surface area (Å²) in [6, 6.07) is 27.9. The SMILES string of the molecule is CCn1nc(C)cc1C(=O)Nc1nc2cc(C(N)=O)cc(OC)c2n1CC=CCn1c(NC(=O)c2cc(C)nn2CC)nc2cc(C(N)=O)cc(OCCCNC(=O)OCc3ccc(NC(=O)C(CCCNC(N)=O)NC(=O)C(NC(=O)CCCCC(=O)N4Cc5ccccc5C#Cc5ccccc54)C(C)C)cc3)c21. The van der Waals surface area contributed by atoms with Gasteiger partial charge < -0.3 is 72.0 Å². The summed E-state index contributed by atoms with van der Waals surface area (Å²) in [6.07, 6.45) is 4.36. The molecule has 1 aliphatic heterocycles.